The fourth-order valence-corrected chi connectivity index (χ4v) is 2.25. The Morgan fingerprint density at radius 2 is 1.86 bits per heavy atom. The van der Waals surface area contributed by atoms with E-state index in [0.29, 0.717) is 26.2 Å². The number of hydrogen-bond donors (Lipinski definition) is 1. The molecule has 1 saturated heterocycles. The second-order valence-electron chi connectivity index (χ2n) is 4.85. The largest absolute Gasteiger partial charge is 0.399 e. The quantitative estimate of drug-likeness (QED) is 0.816. The van der Waals surface area contributed by atoms with Gasteiger partial charge in [-0.15, -0.1) is 0 Å². The summed E-state index contributed by atoms with van der Waals surface area (Å²) >= 11 is 0. The summed E-state index contributed by atoms with van der Waals surface area (Å²) in [6.07, 6.45) is 0. The second-order valence-corrected chi connectivity index (χ2v) is 4.85. The number of amides is 2. The molecule has 114 valence electrons. The molecular formula is C14H18FN3O3. The summed E-state index contributed by atoms with van der Waals surface area (Å²) in [5.74, 6) is -1.12. The van der Waals surface area contributed by atoms with Crippen LogP contribution in [-0.2, 0) is 9.53 Å². The highest BCUT2D eigenvalue weighted by atomic mass is 19.1. The van der Waals surface area contributed by atoms with E-state index in [1.807, 2.05) is 0 Å². The summed E-state index contributed by atoms with van der Waals surface area (Å²) in [6, 6.07) is 4.01. The van der Waals surface area contributed by atoms with Crippen molar-refractivity contribution in [2.24, 2.45) is 0 Å². The Balaban J connectivity index is 1.98. The summed E-state index contributed by atoms with van der Waals surface area (Å²) in [5, 5.41) is 0. The number of ether oxygens (including phenoxy) is 1. The standard InChI is InChI=1S/C14H18FN3O3/c1-21-9-13(19)17-4-6-18(7-5-17)14(20)11-3-2-10(16)8-12(11)15/h2-3,8H,4-7,9,16H2,1H3. The molecule has 1 aromatic carbocycles. The molecule has 7 heteroatoms. The summed E-state index contributed by atoms with van der Waals surface area (Å²) in [4.78, 5) is 27.1. The maximum atomic E-state index is 13.8. The number of benzene rings is 1. The van der Waals surface area contributed by atoms with Crippen molar-refractivity contribution in [3.05, 3.63) is 29.6 Å². The van der Waals surface area contributed by atoms with Crippen molar-refractivity contribution in [1.82, 2.24) is 9.80 Å². The van der Waals surface area contributed by atoms with Gasteiger partial charge in [0.1, 0.15) is 12.4 Å². The summed E-state index contributed by atoms with van der Waals surface area (Å²) < 4.78 is 18.5. The maximum absolute atomic E-state index is 13.8. The van der Waals surface area contributed by atoms with Gasteiger partial charge in [0.2, 0.25) is 5.91 Å². The minimum absolute atomic E-state index is 0.000804. The number of methoxy groups -OCH3 is 1. The summed E-state index contributed by atoms with van der Waals surface area (Å²) in [7, 11) is 1.46. The third-order valence-corrected chi connectivity index (χ3v) is 3.41. The number of carbonyl (C=O) groups excluding carboxylic acids is 2. The Morgan fingerprint density at radius 3 is 2.43 bits per heavy atom. The van der Waals surface area contributed by atoms with Crippen LogP contribution in [0, 0.1) is 5.82 Å². The van der Waals surface area contributed by atoms with E-state index in [1.54, 1.807) is 4.90 Å². The van der Waals surface area contributed by atoms with Gasteiger partial charge in [0.05, 0.1) is 5.56 Å². The van der Waals surface area contributed by atoms with Crippen molar-refractivity contribution in [3.8, 4) is 0 Å². The zero-order valence-corrected chi connectivity index (χ0v) is 11.8. The lowest BCUT2D eigenvalue weighted by Gasteiger charge is -2.34. The average molecular weight is 295 g/mol. The summed E-state index contributed by atoms with van der Waals surface area (Å²) in [6.45, 7) is 1.62. The molecule has 0 aliphatic carbocycles. The third-order valence-electron chi connectivity index (χ3n) is 3.41. The maximum Gasteiger partial charge on any atom is 0.256 e. The first-order valence-corrected chi connectivity index (χ1v) is 6.64. The molecule has 6 nitrogen and oxygen atoms in total. The van der Waals surface area contributed by atoms with Crippen molar-refractivity contribution in [1.29, 1.82) is 0 Å². The number of halogens is 1. The molecule has 1 aliphatic heterocycles. The van der Waals surface area contributed by atoms with Crippen LogP contribution < -0.4 is 5.73 Å². The third kappa shape index (κ3) is 3.49. The Labute approximate surface area is 122 Å². The molecule has 2 rings (SSSR count). The van der Waals surface area contributed by atoms with Gasteiger partial charge in [-0.2, -0.15) is 0 Å². The molecular weight excluding hydrogens is 277 g/mol. The van der Waals surface area contributed by atoms with Crippen LogP contribution in [0.2, 0.25) is 0 Å². The lowest BCUT2D eigenvalue weighted by atomic mass is 10.1. The van der Waals surface area contributed by atoms with Gasteiger partial charge in [0.15, 0.2) is 0 Å². The van der Waals surface area contributed by atoms with Crippen LogP contribution in [0.5, 0.6) is 0 Å². The van der Waals surface area contributed by atoms with Crippen LogP contribution in [-0.4, -0.2) is 61.5 Å². The lowest BCUT2D eigenvalue weighted by Crippen LogP contribution is -2.51. The molecule has 0 spiro atoms. The molecule has 1 fully saturated rings. The number of nitrogen functional groups attached to an aromatic ring is 1. The summed E-state index contributed by atoms with van der Waals surface area (Å²) in [5.41, 5.74) is 5.74. The van der Waals surface area contributed by atoms with E-state index in [0.717, 1.165) is 6.07 Å². The van der Waals surface area contributed by atoms with E-state index in [2.05, 4.69) is 0 Å². The Hall–Kier alpha value is -2.15. The molecule has 2 amide bonds. The highest BCUT2D eigenvalue weighted by molar-refractivity contribution is 5.95. The molecule has 21 heavy (non-hydrogen) atoms. The van der Waals surface area contributed by atoms with Gasteiger partial charge in [-0.3, -0.25) is 9.59 Å². The number of rotatable bonds is 3. The molecule has 1 aromatic rings. The Morgan fingerprint density at radius 1 is 1.24 bits per heavy atom. The molecule has 0 bridgehead atoms. The molecule has 0 aromatic heterocycles. The van der Waals surface area contributed by atoms with Crippen molar-refractivity contribution in [2.45, 2.75) is 0 Å². The van der Waals surface area contributed by atoms with E-state index in [1.165, 1.54) is 24.1 Å². The van der Waals surface area contributed by atoms with Gasteiger partial charge >= 0.3 is 0 Å². The van der Waals surface area contributed by atoms with E-state index < -0.39 is 5.82 Å². The van der Waals surface area contributed by atoms with Gasteiger partial charge < -0.3 is 20.3 Å². The Bertz CT molecular complexity index is 542. The number of nitrogens with zero attached hydrogens (tertiary/aromatic N) is 2. The van der Waals surface area contributed by atoms with Crippen LogP contribution >= 0.6 is 0 Å². The fraction of sp³-hybridized carbons (Fsp3) is 0.429. The number of hydrogen-bond acceptors (Lipinski definition) is 4. The van der Waals surface area contributed by atoms with E-state index >= 15 is 0 Å². The van der Waals surface area contributed by atoms with Gasteiger partial charge in [-0.25, -0.2) is 4.39 Å². The Kier molecular flexibility index (Phi) is 4.74. The fourth-order valence-electron chi connectivity index (χ4n) is 2.25. The zero-order chi connectivity index (χ0) is 15.4. The minimum atomic E-state index is -0.627. The van der Waals surface area contributed by atoms with Crippen LogP contribution in [0.1, 0.15) is 10.4 Å². The normalized spacial score (nSPS) is 15.1. The van der Waals surface area contributed by atoms with E-state index in [-0.39, 0.29) is 29.7 Å². The molecule has 2 N–H and O–H groups in total. The van der Waals surface area contributed by atoms with E-state index in [4.69, 9.17) is 10.5 Å². The van der Waals surface area contributed by atoms with Crippen LogP contribution in [0.25, 0.3) is 0 Å². The van der Waals surface area contributed by atoms with Crippen molar-refractivity contribution in [2.75, 3.05) is 45.6 Å². The topological polar surface area (TPSA) is 75.9 Å². The first-order chi connectivity index (χ1) is 10.0. The average Bonchev–Trinajstić information content (AvgIpc) is 2.47. The van der Waals surface area contributed by atoms with Crippen molar-refractivity contribution < 1.29 is 18.7 Å². The predicted molar refractivity (Wildman–Crippen MR) is 75.2 cm³/mol. The molecule has 0 unspecified atom stereocenters. The van der Waals surface area contributed by atoms with Crippen molar-refractivity contribution in [3.63, 3.8) is 0 Å². The molecule has 0 atom stereocenters. The van der Waals surface area contributed by atoms with Crippen LogP contribution in [0.3, 0.4) is 0 Å². The lowest BCUT2D eigenvalue weighted by molar-refractivity contribution is -0.136. The number of anilines is 1. The zero-order valence-electron chi connectivity index (χ0n) is 11.8. The second kappa shape index (κ2) is 6.53. The molecule has 1 aliphatic rings. The highest BCUT2D eigenvalue weighted by Gasteiger charge is 2.26. The number of piperazine rings is 1. The van der Waals surface area contributed by atoms with Crippen molar-refractivity contribution >= 4 is 17.5 Å². The molecule has 1 heterocycles. The van der Waals surface area contributed by atoms with Gasteiger partial charge in [0.25, 0.3) is 5.91 Å². The minimum Gasteiger partial charge on any atom is -0.399 e. The van der Waals surface area contributed by atoms with Crippen LogP contribution in [0.4, 0.5) is 10.1 Å². The number of carbonyl (C=O) groups is 2. The van der Waals surface area contributed by atoms with Gasteiger partial charge in [-0.1, -0.05) is 0 Å². The van der Waals surface area contributed by atoms with Gasteiger partial charge in [-0.05, 0) is 18.2 Å². The monoisotopic (exact) mass is 295 g/mol. The smallest absolute Gasteiger partial charge is 0.256 e. The first-order valence-electron chi connectivity index (χ1n) is 6.64. The first kappa shape index (κ1) is 15.2. The van der Waals surface area contributed by atoms with Crippen LogP contribution in [0.15, 0.2) is 18.2 Å². The predicted octanol–water partition coefficient (Wildman–Crippen LogP) is 0.339. The SMILES string of the molecule is COCC(=O)N1CCN(C(=O)c2ccc(N)cc2F)CC1. The molecule has 0 radical (unpaired) electrons. The van der Waals surface area contributed by atoms with E-state index in [9.17, 15) is 14.0 Å². The highest BCUT2D eigenvalue weighted by Crippen LogP contribution is 2.15. The van der Waals surface area contributed by atoms with Gasteiger partial charge in [0, 0.05) is 39.0 Å². The number of nitrogens with two attached hydrogens (primary N) is 1. The molecule has 0 saturated carbocycles.